The maximum Gasteiger partial charge on any atom is 0.198 e. The van der Waals surface area contributed by atoms with Crippen molar-refractivity contribution in [3.8, 4) is 17.2 Å². The number of ketones is 2. The van der Waals surface area contributed by atoms with Crippen LogP contribution in [0.25, 0.3) is 0 Å². The van der Waals surface area contributed by atoms with Crippen LogP contribution in [-0.4, -0.2) is 48.3 Å². The number of nitrogens with one attached hydrogen (secondary N) is 1. The van der Waals surface area contributed by atoms with E-state index in [2.05, 4.69) is 0 Å². The normalized spacial score (nSPS) is 17.4. The predicted molar refractivity (Wildman–Crippen MR) is 105 cm³/mol. The number of carbonyl (C=O) groups is 2. The lowest BCUT2D eigenvalue weighted by molar-refractivity contribution is -0.126. The van der Waals surface area contributed by atoms with Crippen molar-refractivity contribution in [1.82, 2.24) is 0 Å². The van der Waals surface area contributed by atoms with Gasteiger partial charge in [0.2, 0.25) is 0 Å². The second kappa shape index (κ2) is 7.00. The molecular weight excluding hydrogens is 374 g/mol. The first-order chi connectivity index (χ1) is 13.9. The molecule has 0 spiro atoms. The number of benzene rings is 2. The Kier molecular flexibility index (Phi) is 4.62. The lowest BCUT2D eigenvalue weighted by Gasteiger charge is -2.30. The van der Waals surface area contributed by atoms with Crippen molar-refractivity contribution in [2.24, 2.45) is 5.92 Å². The van der Waals surface area contributed by atoms with E-state index in [9.17, 15) is 19.8 Å². The molecule has 0 amide bonds. The summed E-state index contributed by atoms with van der Waals surface area (Å²) in [7, 11) is 2.90. The van der Waals surface area contributed by atoms with Crippen molar-refractivity contribution in [3.63, 3.8) is 0 Å². The largest absolute Gasteiger partial charge is 0.507 e. The minimum Gasteiger partial charge on any atom is -0.507 e. The van der Waals surface area contributed by atoms with Gasteiger partial charge in [-0.25, -0.2) is 0 Å². The molecule has 2 aliphatic carbocycles. The molecule has 1 atom stereocenters. The van der Waals surface area contributed by atoms with Crippen LogP contribution in [-0.2, 0) is 22.4 Å². The van der Waals surface area contributed by atoms with Gasteiger partial charge in [-0.05, 0) is 25.3 Å². The van der Waals surface area contributed by atoms with Gasteiger partial charge in [0.1, 0.15) is 23.9 Å². The number of methoxy groups -OCH3 is 2. The minimum absolute atomic E-state index is 0.0184. The van der Waals surface area contributed by atoms with Crippen LogP contribution < -0.4 is 4.74 Å². The van der Waals surface area contributed by atoms with Gasteiger partial charge in [-0.2, -0.15) is 0 Å². The number of fused-ring (bicyclic) bond motifs is 3. The zero-order chi connectivity index (χ0) is 20.9. The molecule has 7 nitrogen and oxygen atoms in total. The van der Waals surface area contributed by atoms with Crippen LogP contribution in [0.2, 0.25) is 0 Å². The Labute approximate surface area is 167 Å². The summed E-state index contributed by atoms with van der Waals surface area (Å²) in [5, 5.41) is 30.6. The van der Waals surface area contributed by atoms with Crippen molar-refractivity contribution in [1.29, 1.82) is 5.41 Å². The summed E-state index contributed by atoms with van der Waals surface area (Å²) in [6, 6.07) is 4.86. The maximum atomic E-state index is 13.2. The highest BCUT2D eigenvalue weighted by molar-refractivity contribution is 6.32. The first-order valence-corrected chi connectivity index (χ1v) is 9.32. The maximum absolute atomic E-state index is 13.2. The van der Waals surface area contributed by atoms with Gasteiger partial charge in [0.15, 0.2) is 11.6 Å². The summed E-state index contributed by atoms with van der Waals surface area (Å²) in [4.78, 5) is 25.4. The van der Waals surface area contributed by atoms with E-state index in [1.54, 1.807) is 18.2 Å². The molecule has 7 heteroatoms. The number of phenolic OH excluding ortho intramolecular Hbond substituents is 2. The molecule has 1 unspecified atom stereocenters. The summed E-state index contributed by atoms with van der Waals surface area (Å²) in [6.07, 6.45) is 1.08. The number of phenols is 2. The molecule has 2 aromatic carbocycles. The summed E-state index contributed by atoms with van der Waals surface area (Å²) in [5.74, 6) is -0.995. The molecule has 0 aromatic heterocycles. The third-order valence-electron chi connectivity index (χ3n) is 5.81. The van der Waals surface area contributed by atoms with Gasteiger partial charge < -0.3 is 19.7 Å². The third kappa shape index (κ3) is 2.73. The van der Waals surface area contributed by atoms with Crippen LogP contribution in [0.15, 0.2) is 18.2 Å². The molecule has 0 heterocycles. The molecule has 0 radical (unpaired) electrons. The summed E-state index contributed by atoms with van der Waals surface area (Å²) in [5.41, 5.74) is 1.27. The Morgan fingerprint density at radius 2 is 1.86 bits per heavy atom. The van der Waals surface area contributed by atoms with E-state index < -0.39 is 5.78 Å². The van der Waals surface area contributed by atoms with Crippen LogP contribution in [0.5, 0.6) is 17.2 Å². The van der Waals surface area contributed by atoms with E-state index in [-0.39, 0.29) is 58.6 Å². The van der Waals surface area contributed by atoms with Gasteiger partial charge in [-0.3, -0.25) is 15.0 Å². The van der Waals surface area contributed by atoms with Crippen LogP contribution in [0.4, 0.5) is 0 Å². The van der Waals surface area contributed by atoms with Crippen molar-refractivity contribution >= 4 is 17.3 Å². The lowest BCUT2D eigenvalue weighted by Crippen LogP contribution is -2.28. The summed E-state index contributed by atoms with van der Waals surface area (Å²) in [6.45, 7) is -0.0194. The summed E-state index contributed by atoms with van der Waals surface area (Å²) < 4.78 is 10.2. The van der Waals surface area contributed by atoms with Gasteiger partial charge in [-0.1, -0.05) is 12.1 Å². The number of Topliss-reactive ketones (excluding diaryl/α,β-unsaturated/α-hetero) is 1. The van der Waals surface area contributed by atoms with Crippen LogP contribution in [0.3, 0.4) is 0 Å². The van der Waals surface area contributed by atoms with Crippen molar-refractivity contribution < 1.29 is 29.3 Å². The fourth-order valence-corrected chi connectivity index (χ4v) is 4.39. The number of ether oxygens (including phenoxy) is 2. The molecule has 4 rings (SSSR count). The Morgan fingerprint density at radius 3 is 2.55 bits per heavy atom. The van der Waals surface area contributed by atoms with Crippen molar-refractivity contribution in [2.45, 2.75) is 19.3 Å². The lowest BCUT2D eigenvalue weighted by atomic mass is 9.74. The highest BCUT2D eigenvalue weighted by Crippen LogP contribution is 2.47. The van der Waals surface area contributed by atoms with E-state index in [4.69, 9.17) is 14.9 Å². The monoisotopic (exact) mass is 395 g/mol. The smallest absolute Gasteiger partial charge is 0.198 e. The highest BCUT2D eigenvalue weighted by atomic mass is 16.5. The number of hydrogen-bond acceptors (Lipinski definition) is 7. The quantitative estimate of drug-likeness (QED) is 0.584. The fourth-order valence-electron chi connectivity index (χ4n) is 4.39. The first-order valence-electron chi connectivity index (χ1n) is 9.32. The zero-order valence-electron chi connectivity index (χ0n) is 16.2. The SMILES string of the molecule is COCC(=O)C1CCc2c(O)c3c(c(O)c2C1)C(=O)c1cccc(OC)c1C3=N. The van der Waals surface area contributed by atoms with Gasteiger partial charge in [-0.15, -0.1) is 0 Å². The van der Waals surface area contributed by atoms with E-state index in [1.165, 1.54) is 14.2 Å². The molecule has 3 N–H and O–H groups in total. The molecule has 2 aliphatic rings. The summed E-state index contributed by atoms with van der Waals surface area (Å²) >= 11 is 0. The van der Waals surface area contributed by atoms with Crippen LogP contribution in [0, 0.1) is 11.3 Å². The van der Waals surface area contributed by atoms with Gasteiger partial charge in [0, 0.05) is 29.7 Å². The molecule has 0 bridgehead atoms. The van der Waals surface area contributed by atoms with Crippen molar-refractivity contribution in [2.75, 3.05) is 20.8 Å². The van der Waals surface area contributed by atoms with Gasteiger partial charge in [0.25, 0.3) is 0 Å². The predicted octanol–water partition coefficient (Wildman–Crippen LogP) is 2.39. The average Bonchev–Trinajstić information content (AvgIpc) is 2.73. The first kappa shape index (κ1) is 19.1. The van der Waals surface area contributed by atoms with Crippen molar-refractivity contribution in [3.05, 3.63) is 51.6 Å². The second-order valence-electron chi connectivity index (χ2n) is 7.33. The molecule has 0 aliphatic heterocycles. The van der Waals surface area contributed by atoms with E-state index in [1.807, 2.05) is 0 Å². The van der Waals surface area contributed by atoms with E-state index in [0.29, 0.717) is 35.3 Å². The number of rotatable bonds is 4. The molecule has 0 saturated carbocycles. The average molecular weight is 395 g/mol. The number of aromatic hydroxyl groups is 2. The van der Waals surface area contributed by atoms with Crippen LogP contribution in [0.1, 0.15) is 44.6 Å². The molecule has 29 heavy (non-hydrogen) atoms. The van der Waals surface area contributed by atoms with Gasteiger partial charge in [0.05, 0.1) is 29.5 Å². The van der Waals surface area contributed by atoms with E-state index in [0.717, 1.165) is 0 Å². The minimum atomic E-state index is -0.481. The fraction of sp³-hybridized carbons (Fsp3) is 0.318. The van der Waals surface area contributed by atoms with E-state index >= 15 is 0 Å². The molecule has 150 valence electrons. The number of carbonyl (C=O) groups excluding carboxylic acids is 2. The number of hydrogen-bond donors (Lipinski definition) is 3. The molecular formula is C22H21NO6. The second-order valence-corrected chi connectivity index (χ2v) is 7.33. The Hall–Kier alpha value is -3.19. The Balaban J connectivity index is 1.90. The molecule has 2 aromatic rings. The van der Waals surface area contributed by atoms with Crippen LogP contribution >= 0.6 is 0 Å². The van der Waals surface area contributed by atoms with Gasteiger partial charge >= 0.3 is 0 Å². The molecule has 0 saturated heterocycles. The zero-order valence-corrected chi connectivity index (χ0v) is 16.2. The Morgan fingerprint density at radius 1 is 1.14 bits per heavy atom. The third-order valence-corrected chi connectivity index (χ3v) is 5.81. The molecule has 0 fully saturated rings. The topological polar surface area (TPSA) is 117 Å². The standard InChI is InChI=1S/C22H21NO6/c1-28-9-14(24)10-6-7-11-13(8-10)22(27)18-17(20(11)25)19(23)16-12(21(18)26)4-3-5-15(16)29-2/h3-5,10,23,25,27H,6-9H2,1-2H3. The Bertz CT molecular complexity index is 1070. The highest BCUT2D eigenvalue weighted by Gasteiger charge is 2.39.